The van der Waals surface area contributed by atoms with Crippen LogP contribution in [-0.4, -0.2) is 22.3 Å². The minimum absolute atomic E-state index is 0.433. The lowest BCUT2D eigenvalue weighted by Crippen LogP contribution is -2.01. The van der Waals surface area contributed by atoms with Gasteiger partial charge in [0.1, 0.15) is 11.4 Å². The summed E-state index contributed by atoms with van der Waals surface area (Å²) in [5, 5.41) is 11.6. The molecule has 29 heavy (non-hydrogen) atoms. The molecule has 0 saturated heterocycles. The molecule has 0 bridgehead atoms. The van der Waals surface area contributed by atoms with Gasteiger partial charge in [-0.2, -0.15) is 5.10 Å². The Balaban J connectivity index is 1.83. The van der Waals surface area contributed by atoms with Crippen molar-refractivity contribution >= 4 is 34.0 Å². The summed E-state index contributed by atoms with van der Waals surface area (Å²) in [7, 11) is 1.63. The third-order valence-electron chi connectivity index (χ3n) is 4.46. The summed E-state index contributed by atoms with van der Waals surface area (Å²) in [6.45, 7) is 0. The van der Waals surface area contributed by atoms with E-state index in [9.17, 15) is 0 Å². The summed E-state index contributed by atoms with van der Waals surface area (Å²) in [5.74, 6) is 6.98. The lowest BCUT2D eigenvalue weighted by atomic mass is 10.0. The summed E-state index contributed by atoms with van der Waals surface area (Å²) in [4.78, 5) is 4.00. The number of fused-ring (bicyclic) bond motifs is 1. The predicted molar refractivity (Wildman–Crippen MR) is 116 cm³/mol. The Morgan fingerprint density at radius 1 is 0.897 bits per heavy atom. The number of aromatic nitrogens is 3. The van der Waals surface area contributed by atoms with Gasteiger partial charge in [-0.15, -0.1) is 5.10 Å². The van der Waals surface area contributed by atoms with Crippen molar-refractivity contribution in [3.63, 3.8) is 0 Å². The molecule has 4 aromatic rings. The summed E-state index contributed by atoms with van der Waals surface area (Å²) >= 11 is 12.6. The first-order valence-corrected chi connectivity index (χ1v) is 9.59. The van der Waals surface area contributed by atoms with E-state index in [2.05, 4.69) is 27.0 Å². The molecule has 0 aliphatic carbocycles. The number of halogens is 2. The van der Waals surface area contributed by atoms with E-state index in [0.29, 0.717) is 22.2 Å². The van der Waals surface area contributed by atoms with Gasteiger partial charge in [-0.1, -0.05) is 47.3 Å². The number of pyridine rings is 1. The van der Waals surface area contributed by atoms with Crippen LogP contribution in [0.5, 0.6) is 5.75 Å². The monoisotopic (exact) mass is 419 g/mol. The first-order chi connectivity index (χ1) is 14.2. The second-order valence-electron chi connectivity index (χ2n) is 6.28. The first kappa shape index (κ1) is 19.2. The molecule has 2 heterocycles. The average molecular weight is 420 g/mol. The second-order valence-corrected chi connectivity index (χ2v) is 7.10. The van der Waals surface area contributed by atoms with Crippen molar-refractivity contribution in [1.82, 2.24) is 15.2 Å². The van der Waals surface area contributed by atoms with E-state index >= 15 is 0 Å². The number of methoxy groups -OCH3 is 1. The van der Waals surface area contributed by atoms with Crippen LogP contribution in [0, 0.1) is 11.8 Å². The highest BCUT2D eigenvalue weighted by molar-refractivity contribution is 6.35. The third-order valence-corrected chi connectivity index (χ3v) is 5.11. The number of benzene rings is 2. The fourth-order valence-corrected chi connectivity index (χ4v) is 3.46. The average Bonchev–Trinajstić information content (AvgIpc) is 2.75. The van der Waals surface area contributed by atoms with E-state index in [1.54, 1.807) is 19.5 Å². The van der Waals surface area contributed by atoms with Crippen LogP contribution in [0.1, 0.15) is 22.5 Å². The Hall–Kier alpha value is -3.13. The Bertz CT molecular complexity index is 1230. The molecule has 0 spiro atoms. The molecule has 4 nitrogen and oxygen atoms in total. The summed E-state index contributed by atoms with van der Waals surface area (Å²) < 4.78 is 5.39. The van der Waals surface area contributed by atoms with Gasteiger partial charge in [0.25, 0.3) is 0 Å². The Morgan fingerprint density at radius 2 is 1.66 bits per heavy atom. The highest BCUT2D eigenvalue weighted by Gasteiger charge is 2.14. The molecule has 2 aromatic heterocycles. The van der Waals surface area contributed by atoms with E-state index in [0.717, 1.165) is 33.3 Å². The van der Waals surface area contributed by atoms with Crippen molar-refractivity contribution in [2.24, 2.45) is 0 Å². The minimum Gasteiger partial charge on any atom is -0.497 e. The first-order valence-electron chi connectivity index (χ1n) is 8.84. The van der Waals surface area contributed by atoms with Crippen molar-refractivity contribution in [2.75, 3.05) is 7.11 Å². The fourth-order valence-electron chi connectivity index (χ4n) is 2.97. The number of rotatable bonds is 3. The van der Waals surface area contributed by atoms with Gasteiger partial charge in [0.2, 0.25) is 0 Å². The largest absolute Gasteiger partial charge is 0.497 e. The summed E-state index contributed by atoms with van der Waals surface area (Å²) in [6.07, 6.45) is 3.57. The molecule has 6 heteroatoms. The van der Waals surface area contributed by atoms with Crippen molar-refractivity contribution in [2.45, 2.75) is 6.42 Å². The molecular formula is C23H15Cl2N3O. The third kappa shape index (κ3) is 4.17. The highest BCUT2D eigenvalue weighted by atomic mass is 35.5. The van der Waals surface area contributed by atoms with E-state index in [4.69, 9.17) is 27.9 Å². The fraction of sp³-hybridized carbons (Fsp3) is 0.0870. The number of nitrogens with zero attached hydrogens (tertiary/aromatic N) is 3. The Morgan fingerprint density at radius 3 is 2.38 bits per heavy atom. The standard InChI is InChI=1S/C23H15Cl2N3O/c1-29-16-8-9-17-18(11-16)22(10-7-15-5-3-2-4-6-15)27-28-23(17)12-19-20(24)13-26-14-21(19)25/h2-6,8-9,11,13-14H,12H2,1H3. The molecule has 0 saturated carbocycles. The predicted octanol–water partition coefficient (Wildman–Crippen LogP) is 5.33. The van der Waals surface area contributed by atoms with Crippen LogP contribution >= 0.6 is 23.2 Å². The zero-order chi connectivity index (χ0) is 20.2. The Labute approximate surface area is 178 Å². The van der Waals surface area contributed by atoms with Gasteiger partial charge >= 0.3 is 0 Å². The molecule has 142 valence electrons. The normalized spacial score (nSPS) is 10.4. The van der Waals surface area contributed by atoms with Crippen LogP contribution in [0.25, 0.3) is 10.8 Å². The van der Waals surface area contributed by atoms with Crippen LogP contribution in [0.15, 0.2) is 60.9 Å². The lowest BCUT2D eigenvalue weighted by Gasteiger charge is -2.10. The van der Waals surface area contributed by atoms with Gasteiger partial charge in [0.15, 0.2) is 0 Å². The zero-order valence-corrected chi connectivity index (χ0v) is 17.0. The number of hydrogen-bond donors (Lipinski definition) is 0. The van der Waals surface area contributed by atoms with Crippen LogP contribution in [-0.2, 0) is 6.42 Å². The SMILES string of the molecule is COc1ccc2c(Cc3c(Cl)cncc3Cl)nnc(C#Cc3ccccc3)c2c1. The van der Waals surface area contributed by atoms with Gasteiger partial charge in [0, 0.05) is 35.2 Å². The van der Waals surface area contributed by atoms with E-state index in [1.165, 1.54) is 0 Å². The zero-order valence-electron chi connectivity index (χ0n) is 15.5. The molecule has 0 unspecified atom stereocenters. The van der Waals surface area contributed by atoms with Crippen molar-refractivity contribution in [3.8, 4) is 17.6 Å². The maximum absolute atomic E-state index is 6.29. The molecule has 0 radical (unpaired) electrons. The van der Waals surface area contributed by atoms with Crippen molar-refractivity contribution in [3.05, 3.63) is 93.5 Å². The smallest absolute Gasteiger partial charge is 0.144 e. The topological polar surface area (TPSA) is 47.9 Å². The summed E-state index contributed by atoms with van der Waals surface area (Å²) in [6, 6.07) is 15.5. The maximum atomic E-state index is 6.29. The molecular weight excluding hydrogens is 405 g/mol. The van der Waals surface area contributed by atoms with Crippen molar-refractivity contribution in [1.29, 1.82) is 0 Å². The molecule has 0 fully saturated rings. The van der Waals surface area contributed by atoms with Gasteiger partial charge in [-0.3, -0.25) is 4.98 Å². The van der Waals surface area contributed by atoms with Gasteiger partial charge in [-0.05, 0) is 41.8 Å². The van der Waals surface area contributed by atoms with Gasteiger partial charge in [-0.25, -0.2) is 0 Å². The van der Waals surface area contributed by atoms with Gasteiger partial charge in [0.05, 0.1) is 22.8 Å². The number of hydrogen-bond acceptors (Lipinski definition) is 4. The quantitative estimate of drug-likeness (QED) is 0.421. The molecule has 0 aliphatic rings. The maximum Gasteiger partial charge on any atom is 0.144 e. The van der Waals surface area contributed by atoms with Crippen molar-refractivity contribution < 1.29 is 4.74 Å². The van der Waals surface area contributed by atoms with Crippen LogP contribution in [0.4, 0.5) is 0 Å². The summed E-state index contributed by atoms with van der Waals surface area (Å²) in [5.41, 5.74) is 3.00. The molecule has 0 aliphatic heterocycles. The second kappa shape index (κ2) is 8.48. The molecule has 2 aromatic carbocycles. The van der Waals surface area contributed by atoms with E-state index in [1.807, 2.05) is 48.5 Å². The molecule has 4 rings (SSSR count). The van der Waals surface area contributed by atoms with E-state index < -0.39 is 0 Å². The molecule has 0 atom stereocenters. The minimum atomic E-state index is 0.433. The lowest BCUT2D eigenvalue weighted by molar-refractivity contribution is 0.415. The van der Waals surface area contributed by atoms with Crippen LogP contribution in [0.3, 0.4) is 0 Å². The number of ether oxygens (including phenoxy) is 1. The van der Waals surface area contributed by atoms with Crippen LogP contribution in [0.2, 0.25) is 10.0 Å². The van der Waals surface area contributed by atoms with Crippen LogP contribution < -0.4 is 4.74 Å². The Kier molecular flexibility index (Phi) is 5.62. The van der Waals surface area contributed by atoms with E-state index in [-0.39, 0.29) is 0 Å². The highest BCUT2D eigenvalue weighted by Crippen LogP contribution is 2.30. The molecule has 0 N–H and O–H groups in total. The molecule has 0 amide bonds. The van der Waals surface area contributed by atoms with Gasteiger partial charge < -0.3 is 4.74 Å².